The summed E-state index contributed by atoms with van der Waals surface area (Å²) >= 11 is 0. The van der Waals surface area contributed by atoms with Gasteiger partial charge in [-0.25, -0.2) is 0 Å². The summed E-state index contributed by atoms with van der Waals surface area (Å²) < 4.78 is 5.21. The molecule has 0 bridgehead atoms. The lowest BCUT2D eigenvalue weighted by Crippen LogP contribution is -2.37. The highest BCUT2D eigenvalue weighted by Gasteiger charge is 2.30. The second-order valence-corrected chi connectivity index (χ2v) is 4.25. The fourth-order valence-electron chi connectivity index (χ4n) is 2.02. The molecule has 1 heterocycles. The van der Waals surface area contributed by atoms with Gasteiger partial charge in [0, 0.05) is 13.5 Å². The molecule has 1 aromatic rings. The second-order valence-electron chi connectivity index (χ2n) is 4.25. The molecule has 5 heteroatoms. The molecule has 1 aromatic heterocycles. The largest absolute Gasteiger partial charge is 0.424 e. The predicted molar refractivity (Wildman–Crippen MR) is 54.2 cm³/mol. The Labute approximate surface area is 88.9 Å². The molecule has 0 spiro atoms. The van der Waals surface area contributed by atoms with Crippen LogP contribution >= 0.6 is 0 Å². The van der Waals surface area contributed by atoms with Gasteiger partial charge in [0.2, 0.25) is 11.8 Å². The molecule has 1 fully saturated rings. The molecule has 0 saturated heterocycles. The van der Waals surface area contributed by atoms with E-state index in [4.69, 9.17) is 4.42 Å². The normalized spacial score (nSPS) is 19.6. The van der Waals surface area contributed by atoms with E-state index in [0.717, 1.165) is 25.7 Å². The van der Waals surface area contributed by atoms with Gasteiger partial charge in [-0.15, -0.1) is 10.2 Å². The van der Waals surface area contributed by atoms with E-state index >= 15 is 0 Å². The van der Waals surface area contributed by atoms with Crippen LogP contribution < -0.4 is 5.32 Å². The third-order valence-electron chi connectivity index (χ3n) is 2.83. The van der Waals surface area contributed by atoms with E-state index < -0.39 is 5.60 Å². The number of aromatic nitrogens is 2. The van der Waals surface area contributed by atoms with Gasteiger partial charge < -0.3 is 14.8 Å². The van der Waals surface area contributed by atoms with Crippen LogP contribution in [0.4, 0.5) is 0 Å². The number of rotatable bonds is 4. The minimum absolute atomic E-state index is 0.519. The quantitative estimate of drug-likeness (QED) is 0.769. The number of nitrogens with one attached hydrogen (secondary N) is 1. The van der Waals surface area contributed by atoms with Crippen molar-refractivity contribution in [2.75, 3.05) is 6.54 Å². The average molecular weight is 211 g/mol. The Morgan fingerprint density at radius 3 is 2.73 bits per heavy atom. The van der Waals surface area contributed by atoms with Crippen LogP contribution in [-0.2, 0) is 6.54 Å². The molecule has 0 unspecified atom stereocenters. The maximum atomic E-state index is 10.0. The van der Waals surface area contributed by atoms with Gasteiger partial charge in [-0.3, -0.25) is 0 Å². The van der Waals surface area contributed by atoms with Crippen LogP contribution in [-0.4, -0.2) is 27.4 Å². The number of aryl methyl sites for hydroxylation is 1. The first-order valence-electron chi connectivity index (χ1n) is 5.40. The highest BCUT2D eigenvalue weighted by Crippen LogP contribution is 2.28. The molecule has 0 amide bonds. The molecule has 0 aromatic carbocycles. The summed E-state index contributed by atoms with van der Waals surface area (Å²) in [7, 11) is 0. The van der Waals surface area contributed by atoms with E-state index in [0.29, 0.717) is 24.9 Å². The Morgan fingerprint density at radius 1 is 1.40 bits per heavy atom. The summed E-state index contributed by atoms with van der Waals surface area (Å²) in [5.74, 6) is 1.15. The van der Waals surface area contributed by atoms with Crippen LogP contribution in [0.15, 0.2) is 4.42 Å². The van der Waals surface area contributed by atoms with Crippen molar-refractivity contribution in [3.63, 3.8) is 0 Å². The molecule has 84 valence electrons. The molecule has 2 N–H and O–H groups in total. The number of hydrogen-bond donors (Lipinski definition) is 2. The van der Waals surface area contributed by atoms with Crippen LogP contribution in [0.2, 0.25) is 0 Å². The third kappa shape index (κ3) is 2.76. The van der Waals surface area contributed by atoms with Gasteiger partial charge in [0.15, 0.2) is 0 Å². The fraction of sp³-hybridized carbons (Fsp3) is 0.800. The van der Waals surface area contributed by atoms with Crippen LogP contribution in [0.3, 0.4) is 0 Å². The van der Waals surface area contributed by atoms with Gasteiger partial charge in [-0.1, -0.05) is 12.8 Å². The van der Waals surface area contributed by atoms with Gasteiger partial charge in [-0.05, 0) is 12.8 Å². The first-order valence-corrected chi connectivity index (χ1v) is 5.40. The topological polar surface area (TPSA) is 71.2 Å². The molecule has 2 rings (SSSR count). The summed E-state index contributed by atoms with van der Waals surface area (Å²) in [6.07, 6.45) is 4.03. The van der Waals surface area contributed by atoms with Crippen molar-refractivity contribution in [3.8, 4) is 0 Å². The Kier molecular flexibility index (Phi) is 3.02. The molecule has 0 aliphatic heterocycles. The molecule has 15 heavy (non-hydrogen) atoms. The highest BCUT2D eigenvalue weighted by atomic mass is 16.4. The zero-order chi connectivity index (χ0) is 10.7. The highest BCUT2D eigenvalue weighted by molar-refractivity contribution is 4.87. The lowest BCUT2D eigenvalue weighted by atomic mass is 10.0. The van der Waals surface area contributed by atoms with E-state index in [1.165, 1.54) is 0 Å². The van der Waals surface area contributed by atoms with E-state index in [9.17, 15) is 5.11 Å². The molecular formula is C10H17N3O2. The Balaban J connectivity index is 1.75. The lowest BCUT2D eigenvalue weighted by molar-refractivity contribution is 0.0469. The van der Waals surface area contributed by atoms with Crippen molar-refractivity contribution in [2.24, 2.45) is 0 Å². The van der Waals surface area contributed by atoms with Gasteiger partial charge in [0.1, 0.15) is 0 Å². The maximum Gasteiger partial charge on any atom is 0.230 e. The summed E-state index contributed by atoms with van der Waals surface area (Å²) in [5.41, 5.74) is -0.519. The van der Waals surface area contributed by atoms with Crippen molar-refractivity contribution in [1.29, 1.82) is 0 Å². The summed E-state index contributed by atoms with van der Waals surface area (Å²) in [6, 6.07) is 0. The van der Waals surface area contributed by atoms with Gasteiger partial charge in [0.05, 0.1) is 12.1 Å². The van der Waals surface area contributed by atoms with E-state index in [1.807, 2.05) is 0 Å². The molecule has 5 nitrogen and oxygen atoms in total. The fourth-order valence-corrected chi connectivity index (χ4v) is 2.02. The molecule has 1 aliphatic rings. The van der Waals surface area contributed by atoms with Crippen LogP contribution in [0, 0.1) is 6.92 Å². The minimum atomic E-state index is -0.519. The first kappa shape index (κ1) is 10.6. The molecular weight excluding hydrogens is 194 g/mol. The summed E-state index contributed by atoms with van der Waals surface area (Å²) in [5, 5.41) is 20.8. The Bertz CT molecular complexity index is 318. The molecule has 0 atom stereocenters. The van der Waals surface area contributed by atoms with Crippen molar-refractivity contribution >= 4 is 0 Å². The van der Waals surface area contributed by atoms with Gasteiger partial charge in [-0.2, -0.15) is 0 Å². The Morgan fingerprint density at radius 2 is 2.13 bits per heavy atom. The zero-order valence-corrected chi connectivity index (χ0v) is 8.99. The van der Waals surface area contributed by atoms with E-state index in [2.05, 4.69) is 15.5 Å². The standard InChI is InChI=1S/C10H17N3O2/c1-8-12-13-9(15-8)6-11-7-10(14)4-2-3-5-10/h11,14H,2-7H2,1H3. The number of nitrogens with zero attached hydrogens (tertiary/aromatic N) is 2. The van der Waals surface area contributed by atoms with Crippen molar-refractivity contribution < 1.29 is 9.52 Å². The summed E-state index contributed by atoms with van der Waals surface area (Å²) in [6.45, 7) is 2.90. The monoisotopic (exact) mass is 211 g/mol. The predicted octanol–water partition coefficient (Wildman–Crippen LogP) is 0.773. The average Bonchev–Trinajstić information content (AvgIpc) is 2.76. The van der Waals surface area contributed by atoms with E-state index in [1.54, 1.807) is 6.92 Å². The molecule has 0 radical (unpaired) electrons. The minimum Gasteiger partial charge on any atom is -0.424 e. The first-order chi connectivity index (χ1) is 7.18. The van der Waals surface area contributed by atoms with Crippen molar-refractivity contribution in [2.45, 2.75) is 44.8 Å². The smallest absolute Gasteiger partial charge is 0.230 e. The maximum absolute atomic E-state index is 10.0. The van der Waals surface area contributed by atoms with Gasteiger partial charge in [0.25, 0.3) is 0 Å². The van der Waals surface area contributed by atoms with Crippen LogP contribution in [0.1, 0.15) is 37.5 Å². The van der Waals surface area contributed by atoms with Crippen LogP contribution in [0.5, 0.6) is 0 Å². The zero-order valence-electron chi connectivity index (χ0n) is 8.99. The summed E-state index contributed by atoms with van der Waals surface area (Å²) in [4.78, 5) is 0. The van der Waals surface area contributed by atoms with Crippen LogP contribution in [0.25, 0.3) is 0 Å². The molecule has 1 aliphatic carbocycles. The van der Waals surface area contributed by atoms with Gasteiger partial charge >= 0.3 is 0 Å². The number of hydrogen-bond acceptors (Lipinski definition) is 5. The SMILES string of the molecule is Cc1nnc(CNCC2(O)CCCC2)o1. The third-order valence-corrected chi connectivity index (χ3v) is 2.83. The molecule has 1 saturated carbocycles. The second kappa shape index (κ2) is 4.28. The Hall–Kier alpha value is -0.940. The lowest BCUT2D eigenvalue weighted by Gasteiger charge is -2.21. The number of aliphatic hydroxyl groups is 1. The van der Waals surface area contributed by atoms with Crippen molar-refractivity contribution in [3.05, 3.63) is 11.8 Å². The van der Waals surface area contributed by atoms with Crippen molar-refractivity contribution in [1.82, 2.24) is 15.5 Å². The van der Waals surface area contributed by atoms with E-state index in [-0.39, 0.29) is 0 Å².